The molecule has 0 aromatic heterocycles. The first-order valence-electron chi connectivity index (χ1n) is 4.87. The molecule has 0 aliphatic heterocycles. The summed E-state index contributed by atoms with van der Waals surface area (Å²) in [7, 11) is 0. The van der Waals surface area contributed by atoms with E-state index in [0.717, 1.165) is 25.0 Å². The number of ether oxygens (including phenoxy) is 1. The van der Waals surface area contributed by atoms with Crippen molar-refractivity contribution < 1.29 is 22.7 Å². The van der Waals surface area contributed by atoms with Crippen LogP contribution < -0.4 is 4.74 Å². The minimum Gasteiger partial charge on any atom is -0.426 e. The summed E-state index contributed by atoms with van der Waals surface area (Å²) in [5, 5.41) is 0. The minimum atomic E-state index is -2.92. The largest absolute Gasteiger partial charge is 0.426 e. The van der Waals surface area contributed by atoms with Crippen LogP contribution in [0.4, 0.5) is 13.2 Å². The third kappa shape index (κ3) is 2.35. The molecule has 1 aromatic carbocycles. The van der Waals surface area contributed by atoms with E-state index >= 15 is 0 Å². The van der Waals surface area contributed by atoms with Gasteiger partial charge >= 0.3 is 5.97 Å². The molecule has 0 heterocycles. The number of alkyl halides is 2. The van der Waals surface area contributed by atoms with Gasteiger partial charge in [0.1, 0.15) is 11.6 Å². The lowest BCUT2D eigenvalue weighted by Gasteiger charge is -2.06. The van der Waals surface area contributed by atoms with Gasteiger partial charge in [-0.3, -0.25) is 4.79 Å². The van der Waals surface area contributed by atoms with Crippen LogP contribution in [0.5, 0.6) is 5.75 Å². The summed E-state index contributed by atoms with van der Waals surface area (Å²) in [4.78, 5) is 11.2. The molecule has 2 nitrogen and oxygen atoms in total. The third-order valence-electron chi connectivity index (χ3n) is 2.33. The standard InChI is InChI=1S/C11H9F3O2/c12-9-4-3-7(5-8(9)10(13)14)16-11(15)6-1-2-6/h3-6,10H,1-2H2. The van der Waals surface area contributed by atoms with E-state index in [9.17, 15) is 18.0 Å². The Labute approximate surface area is 90.0 Å². The van der Waals surface area contributed by atoms with Gasteiger partial charge in [-0.15, -0.1) is 0 Å². The Morgan fingerprint density at radius 3 is 2.62 bits per heavy atom. The molecule has 16 heavy (non-hydrogen) atoms. The number of rotatable bonds is 3. The fourth-order valence-corrected chi connectivity index (χ4v) is 1.27. The molecule has 86 valence electrons. The SMILES string of the molecule is O=C(Oc1ccc(F)c(C(F)F)c1)C1CC1. The molecular weight excluding hydrogens is 221 g/mol. The maximum atomic E-state index is 12.9. The Hall–Kier alpha value is -1.52. The van der Waals surface area contributed by atoms with E-state index in [-0.39, 0.29) is 11.7 Å². The van der Waals surface area contributed by atoms with Crippen LogP contribution in [0, 0.1) is 11.7 Å². The Morgan fingerprint density at radius 2 is 2.06 bits per heavy atom. The lowest BCUT2D eigenvalue weighted by atomic mass is 10.2. The van der Waals surface area contributed by atoms with Crippen molar-refractivity contribution in [3.05, 3.63) is 29.6 Å². The first kappa shape index (κ1) is 11.0. The average molecular weight is 230 g/mol. The normalized spacial score (nSPS) is 15.2. The zero-order chi connectivity index (χ0) is 11.7. The lowest BCUT2D eigenvalue weighted by Crippen LogP contribution is -2.10. The van der Waals surface area contributed by atoms with Crippen LogP contribution in [0.15, 0.2) is 18.2 Å². The van der Waals surface area contributed by atoms with E-state index in [1.165, 1.54) is 6.07 Å². The van der Waals surface area contributed by atoms with E-state index in [1.807, 2.05) is 0 Å². The van der Waals surface area contributed by atoms with Crippen LogP contribution in [-0.2, 0) is 4.79 Å². The molecule has 1 saturated carbocycles. The number of benzene rings is 1. The molecule has 0 unspecified atom stereocenters. The van der Waals surface area contributed by atoms with E-state index in [0.29, 0.717) is 0 Å². The number of esters is 1. The van der Waals surface area contributed by atoms with Gasteiger partial charge in [-0.05, 0) is 31.0 Å². The van der Waals surface area contributed by atoms with Crippen LogP contribution in [0.2, 0.25) is 0 Å². The molecule has 1 aliphatic rings. The Kier molecular flexibility index (Phi) is 2.85. The fourth-order valence-electron chi connectivity index (χ4n) is 1.27. The van der Waals surface area contributed by atoms with Crippen molar-refractivity contribution >= 4 is 5.97 Å². The van der Waals surface area contributed by atoms with Gasteiger partial charge in [-0.2, -0.15) is 0 Å². The zero-order valence-corrected chi connectivity index (χ0v) is 8.25. The molecule has 0 saturated heterocycles. The van der Waals surface area contributed by atoms with Crippen molar-refractivity contribution in [2.45, 2.75) is 19.3 Å². The van der Waals surface area contributed by atoms with Gasteiger partial charge < -0.3 is 4.74 Å². The van der Waals surface area contributed by atoms with Gasteiger partial charge in [0.25, 0.3) is 6.43 Å². The summed E-state index contributed by atoms with van der Waals surface area (Å²) >= 11 is 0. The number of carbonyl (C=O) groups is 1. The van der Waals surface area contributed by atoms with Gasteiger partial charge in [0, 0.05) is 0 Å². The van der Waals surface area contributed by atoms with Crippen molar-refractivity contribution in [3.63, 3.8) is 0 Å². The molecule has 1 aromatic rings. The van der Waals surface area contributed by atoms with E-state index < -0.39 is 23.8 Å². The van der Waals surface area contributed by atoms with Gasteiger partial charge in [0.05, 0.1) is 11.5 Å². The number of hydrogen-bond acceptors (Lipinski definition) is 2. The van der Waals surface area contributed by atoms with Gasteiger partial charge in [0.15, 0.2) is 0 Å². The topological polar surface area (TPSA) is 26.3 Å². The molecule has 0 N–H and O–H groups in total. The number of carbonyl (C=O) groups excluding carboxylic acids is 1. The lowest BCUT2D eigenvalue weighted by molar-refractivity contribution is -0.135. The maximum Gasteiger partial charge on any atom is 0.314 e. The van der Waals surface area contributed by atoms with Crippen molar-refractivity contribution in [2.75, 3.05) is 0 Å². The predicted molar refractivity (Wildman–Crippen MR) is 49.7 cm³/mol. The Bertz CT molecular complexity index is 414. The molecular formula is C11H9F3O2. The molecule has 0 amide bonds. The summed E-state index contributed by atoms with van der Waals surface area (Å²) in [6, 6.07) is 2.90. The molecule has 0 bridgehead atoms. The van der Waals surface area contributed by atoms with Crippen molar-refractivity contribution in [1.29, 1.82) is 0 Å². The van der Waals surface area contributed by atoms with Crippen molar-refractivity contribution in [3.8, 4) is 5.75 Å². The number of halogens is 3. The highest BCUT2D eigenvalue weighted by atomic mass is 19.3. The van der Waals surface area contributed by atoms with Crippen LogP contribution in [-0.4, -0.2) is 5.97 Å². The van der Waals surface area contributed by atoms with Crippen LogP contribution in [0.1, 0.15) is 24.8 Å². The minimum absolute atomic E-state index is 0.0337. The van der Waals surface area contributed by atoms with Gasteiger partial charge in [-0.1, -0.05) is 0 Å². The molecule has 2 rings (SSSR count). The van der Waals surface area contributed by atoms with Gasteiger partial charge in [-0.25, -0.2) is 13.2 Å². The second-order valence-corrected chi connectivity index (χ2v) is 3.68. The highest BCUT2D eigenvalue weighted by molar-refractivity contribution is 5.77. The quantitative estimate of drug-likeness (QED) is 0.589. The molecule has 5 heteroatoms. The Morgan fingerprint density at radius 1 is 1.38 bits per heavy atom. The third-order valence-corrected chi connectivity index (χ3v) is 2.33. The van der Waals surface area contributed by atoms with Gasteiger partial charge in [0.2, 0.25) is 0 Å². The molecule has 1 fully saturated rings. The van der Waals surface area contributed by atoms with Crippen LogP contribution >= 0.6 is 0 Å². The van der Waals surface area contributed by atoms with E-state index in [4.69, 9.17) is 4.74 Å². The van der Waals surface area contributed by atoms with Crippen LogP contribution in [0.25, 0.3) is 0 Å². The predicted octanol–water partition coefficient (Wildman–Crippen LogP) is 3.08. The molecule has 0 radical (unpaired) electrons. The first-order chi connectivity index (χ1) is 7.58. The van der Waals surface area contributed by atoms with E-state index in [2.05, 4.69) is 0 Å². The Balaban J connectivity index is 2.15. The molecule has 1 aliphatic carbocycles. The highest BCUT2D eigenvalue weighted by Gasteiger charge is 2.31. The van der Waals surface area contributed by atoms with Crippen molar-refractivity contribution in [2.24, 2.45) is 5.92 Å². The average Bonchev–Trinajstić information content (AvgIpc) is 3.03. The summed E-state index contributed by atoms with van der Waals surface area (Å²) in [5.74, 6) is -1.60. The maximum absolute atomic E-state index is 12.9. The fraction of sp³-hybridized carbons (Fsp3) is 0.364. The summed E-state index contributed by atoms with van der Waals surface area (Å²) in [5.41, 5.74) is -0.749. The zero-order valence-electron chi connectivity index (χ0n) is 8.25. The number of hydrogen-bond donors (Lipinski definition) is 0. The summed E-state index contributed by atoms with van der Waals surface area (Å²) in [6.45, 7) is 0. The summed E-state index contributed by atoms with van der Waals surface area (Å²) in [6.07, 6.45) is -1.39. The smallest absolute Gasteiger partial charge is 0.314 e. The second-order valence-electron chi connectivity index (χ2n) is 3.68. The van der Waals surface area contributed by atoms with E-state index in [1.54, 1.807) is 0 Å². The summed E-state index contributed by atoms with van der Waals surface area (Å²) < 4.78 is 42.4. The molecule has 0 atom stereocenters. The molecule has 0 spiro atoms. The monoisotopic (exact) mass is 230 g/mol. The highest BCUT2D eigenvalue weighted by Crippen LogP contribution is 2.32. The first-order valence-corrected chi connectivity index (χ1v) is 4.87. The second kappa shape index (κ2) is 4.15. The van der Waals surface area contributed by atoms with Crippen LogP contribution in [0.3, 0.4) is 0 Å². The van der Waals surface area contributed by atoms with Crippen molar-refractivity contribution in [1.82, 2.24) is 0 Å².